The van der Waals surface area contributed by atoms with E-state index in [1.165, 1.54) is 11.3 Å². The van der Waals surface area contributed by atoms with Crippen molar-refractivity contribution in [1.82, 2.24) is 5.32 Å². The molecule has 0 unspecified atom stereocenters. The Labute approximate surface area is 121 Å². The Kier molecular flexibility index (Phi) is 5.35. The number of carbonyl (C=O) groups is 1. The van der Waals surface area contributed by atoms with Gasteiger partial charge in [0, 0.05) is 15.8 Å². The smallest absolute Gasteiger partial charge is 0.261 e. The van der Waals surface area contributed by atoms with E-state index in [0.29, 0.717) is 6.54 Å². The van der Waals surface area contributed by atoms with Crippen LogP contribution in [0.1, 0.15) is 23.5 Å². The number of hydrogen-bond acceptors (Lipinski definition) is 3. The molecule has 1 N–H and O–H groups in total. The second-order valence-electron chi connectivity index (χ2n) is 3.88. The lowest BCUT2D eigenvalue weighted by Crippen LogP contribution is -2.35. The van der Waals surface area contributed by atoms with Gasteiger partial charge in [0.2, 0.25) is 0 Å². The van der Waals surface area contributed by atoms with Gasteiger partial charge < -0.3 is 5.32 Å². The molecule has 1 rings (SSSR count). The Morgan fingerprint density at radius 1 is 1.56 bits per heavy atom. The van der Waals surface area contributed by atoms with Crippen LogP contribution in [0.25, 0.3) is 0 Å². The van der Waals surface area contributed by atoms with Crippen LogP contribution in [0.3, 0.4) is 0 Å². The third-order valence-electron chi connectivity index (χ3n) is 2.10. The summed E-state index contributed by atoms with van der Waals surface area (Å²) in [4.78, 5) is 12.5. The van der Waals surface area contributed by atoms with Crippen LogP contribution in [0.5, 0.6) is 0 Å². The second kappa shape index (κ2) is 5.89. The molecule has 1 aromatic rings. The van der Waals surface area contributed by atoms with Gasteiger partial charge in [-0.1, -0.05) is 0 Å². The van der Waals surface area contributed by atoms with E-state index in [0.717, 1.165) is 13.1 Å². The number of thioether (sulfide) groups is 1. The van der Waals surface area contributed by atoms with Crippen LogP contribution in [-0.2, 0) is 0 Å². The molecule has 0 radical (unpaired) electrons. The summed E-state index contributed by atoms with van der Waals surface area (Å²) in [6.07, 6.45) is 2.05. The molecule has 0 saturated carbocycles. The summed E-state index contributed by atoms with van der Waals surface area (Å²) in [5, 5.41) is 2.94. The molecule has 90 valence electrons. The molecule has 0 aromatic carbocycles. The van der Waals surface area contributed by atoms with Crippen LogP contribution in [0.2, 0.25) is 0 Å². The molecule has 0 fully saturated rings. The lowest BCUT2D eigenvalue weighted by atomic mass is 10.2. The van der Waals surface area contributed by atoms with E-state index in [1.807, 2.05) is 12.3 Å². The van der Waals surface area contributed by atoms with E-state index in [4.69, 9.17) is 0 Å². The monoisotopic (exact) mass is 385 g/mol. The van der Waals surface area contributed by atoms with E-state index < -0.39 is 0 Å². The van der Waals surface area contributed by atoms with Gasteiger partial charge in [0.15, 0.2) is 0 Å². The topological polar surface area (TPSA) is 29.1 Å². The Balaban J connectivity index is 2.60. The zero-order chi connectivity index (χ0) is 12.3. The first-order valence-electron chi connectivity index (χ1n) is 4.64. The van der Waals surface area contributed by atoms with E-state index >= 15 is 0 Å². The molecule has 0 spiro atoms. The predicted molar refractivity (Wildman–Crippen MR) is 79.6 cm³/mol. The predicted octanol–water partition coefficient (Wildman–Crippen LogP) is 4.14. The summed E-state index contributed by atoms with van der Waals surface area (Å²) in [5.74, 6) is -0.0153. The molecule has 1 amide bonds. The van der Waals surface area contributed by atoms with Crippen molar-refractivity contribution >= 4 is 60.9 Å². The van der Waals surface area contributed by atoms with Crippen molar-refractivity contribution in [2.75, 3.05) is 12.8 Å². The zero-order valence-electron chi connectivity index (χ0n) is 9.27. The number of nitrogens with one attached hydrogen (secondary N) is 1. The highest BCUT2D eigenvalue weighted by Gasteiger charge is 2.18. The highest BCUT2D eigenvalue weighted by Crippen LogP contribution is 2.32. The van der Waals surface area contributed by atoms with Gasteiger partial charge in [-0.15, -0.1) is 11.3 Å². The summed E-state index contributed by atoms with van der Waals surface area (Å²) in [6, 6.07) is 1.83. The van der Waals surface area contributed by atoms with Crippen molar-refractivity contribution in [2.24, 2.45) is 0 Å². The van der Waals surface area contributed by atoms with E-state index in [1.54, 1.807) is 11.8 Å². The molecule has 0 aliphatic heterocycles. The maximum atomic E-state index is 11.8. The molecule has 1 heterocycles. The highest BCUT2D eigenvalue weighted by atomic mass is 79.9. The van der Waals surface area contributed by atoms with Crippen LogP contribution in [0, 0.1) is 0 Å². The van der Waals surface area contributed by atoms with E-state index in [9.17, 15) is 4.79 Å². The van der Waals surface area contributed by atoms with Crippen LogP contribution >= 0.6 is 55.0 Å². The molecule has 1 aromatic heterocycles. The number of halogens is 2. The molecule has 16 heavy (non-hydrogen) atoms. The van der Waals surface area contributed by atoms with Gasteiger partial charge in [-0.2, -0.15) is 11.8 Å². The Hall–Kier alpha value is 0.480. The van der Waals surface area contributed by atoms with Gasteiger partial charge in [0.1, 0.15) is 0 Å². The summed E-state index contributed by atoms with van der Waals surface area (Å²) >= 11 is 9.92. The normalized spacial score (nSPS) is 11.6. The fraction of sp³-hybridized carbons (Fsp3) is 0.500. The van der Waals surface area contributed by atoms with Crippen LogP contribution in [0.4, 0.5) is 0 Å². The molecule has 0 bridgehead atoms. The Morgan fingerprint density at radius 3 is 2.62 bits per heavy atom. The minimum absolute atomic E-state index is 0.0153. The van der Waals surface area contributed by atoms with Crippen molar-refractivity contribution in [1.29, 1.82) is 0 Å². The number of rotatable bonds is 4. The maximum Gasteiger partial charge on any atom is 0.261 e. The number of thiophene rings is 1. The fourth-order valence-corrected chi connectivity index (χ4v) is 3.08. The van der Waals surface area contributed by atoms with Crippen molar-refractivity contribution in [2.45, 2.75) is 18.6 Å². The largest absolute Gasteiger partial charge is 0.350 e. The van der Waals surface area contributed by atoms with Crippen molar-refractivity contribution in [3.05, 3.63) is 19.2 Å². The Bertz CT molecular complexity index is 371. The molecular formula is C10H13Br2NOS2. The summed E-state index contributed by atoms with van der Waals surface area (Å²) in [5.41, 5.74) is 0. The first-order chi connectivity index (χ1) is 7.35. The van der Waals surface area contributed by atoms with Crippen molar-refractivity contribution in [3.63, 3.8) is 0 Å². The molecule has 0 aliphatic carbocycles. The minimum atomic E-state index is -0.0153. The Morgan fingerprint density at radius 2 is 2.19 bits per heavy atom. The lowest BCUT2D eigenvalue weighted by molar-refractivity contribution is 0.0955. The van der Waals surface area contributed by atoms with Crippen molar-refractivity contribution < 1.29 is 4.79 Å². The summed E-state index contributed by atoms with van der Waals surface area (Å²) in [7, 11) is 0. The summed E-state index contributed by atoms with van der Waals surface area (Å²) in [6.45, 7) is 4.89. The number of carbonyl (C=O) groups excluding carboxylic acids is 1. The quantitative estimate of drug-likeness (QED) is 0.842. The van der Waals surface area contributed by atoms with Crippen LogP contribution in [-0.4, -0.2) is 23.5 Å². The van der Waals surface area contributed by atoms with Crippen LogP contribution < -0.4 is 5.32 Å². The third kappa shape index (κ3) is 4.05. The third-order valence-corrected chi connectivity index (χ3v) is 6.60. The summed E-state index contributed by atoms with van der Waals surface area (Å²) < 4.78 is 1.94. The molecule has 0 atom stereocenters. The fourth-order valence-electron chi connectivity index (χ4n) is 0.911. The van der Waals surface area contributed by atoms with Gasteiger partial charge in [-0.3, -0.25) is 4.79 Å². The average Bonchev–Trinajstić information content (AvgIpc) is 2.56. The van der Waals surface area contributed by atoms with Gasteiger partial charge in [-0.25, -0.2) is 0 Å². The zero-order valence-corrected chi connectivity index (χ0v) is 14.1. The molecule has 6 heteroatoms. The SMILES string of the molecule is CSC(C)(C)CNC(=O)c1cc(Br)c(Br)s1. The first-order valence-corrected chi connectivity index (χ1v) is 8.26. The lowest BCUT2D eigenvalue weighted by Gasteiger charge is -2.21. The molecule has 0 saturated heterocycles. The maximum absolute atomic E-state index is 11.8. The highest BCUT2D eigenvalue weighted by molar-refractivity contribution is 9.13. The number of amides is 1. The number of hydrogen-bond donors (Lipinski definition) is 1. The average molecular weight is 387 g/mol. The molecular weight excluding hydrogens is 374 g/mol. The standard InChI is InChI=1S/C10H13Br2NOS2/c1-10(2,15-3)5-13-9(14)7-4-6(11)8(12)16-7/h4H,5H2,1-3H3,(H,13,14). The van der Waals surface area contributed by atoms with E-state index in [2.05, 4.69) is 51.0 Å². The van der Waals surface area contributed by atoms with Gasteiger partial charge >= 0.3 is 0 Å². The second-order valence-corrected chi connectivity index (χ2v) is 8.62. The first kappa shape index (κ1) is 14.5. The molecule has 0 aliphatic rings. The van der Waals surface area contributed by atoms with Gasteiger partial charge in [-0.05, 0) is 58.0 Å². The van der Waals surface area contributed by atoms with Crippen LogP contribution in [0.15, 0.2) is 14.3 Å². The van der Waals surface area contributed by atoms with Gasteiger partial charge in [0.25, 0.3) is 5.91 Å². The van der Waals surface area contributed by atoms with Gasteiger partial charge in [0.05, 0.1) is 8.66 Å². The molecule has 2 nitrogen and oxygen atoms in total. The van der Waals surface area contributed by atoms with Crippen molar-refractivity contribution in [3.8, 4) is 0 Å². The van der Waals surface area contributed by atoms with E-state index in [-0.39, 0.29) is 10.7 Å². The minimum Gasteiger partial charge on any atom is -0.350 e.